The summed E-state index contributed by atoms with van der Waals surface area (Å²) in [5.41, 5.74) is -0.889. The van der Waals surface area contributed by atoms with Gasteiger partial charge in [0.05, 0.1) is 24.0 Å². The van der Waals surface area contributed by atoms with E-state index in [0.29, 0.717) is 25.2 Å². The maximum atomic E-state index is 14.1. The third-order valence-corrected chi connectivity index (χ3v) is 8.82. The highest BCUT2D eigenvalue weighted by Gasteiger charge is 2.37. The van der Waals surface area contributed by atoms with E-state index in [1.807, 2.05) is 0 Å². The van der Waals surface area contributed by atoms with Gasteiger partial charge in [-0.05, 0) is 63.6 Å². The van der Waals surface area contributed by atoms with Crippen LogP contribution in [0.5, 0.6) is 0 Å². The number of nitrogens with one attached hydrogen (secondary N) is 1. The van der Waals surface area contributed by atoms with Gasteiger partial charge in [0, 0.05) is 37.4 Å². The van der Waals surface area contributed by atoms with Crippen molar-refractivity contribution in [2.75, 3.05) is 24.5 Å². The molecule has 42 heavy (non-hydrogen) atoms. The van der Waals surface area contributed by atoms with Crippen LogP contribution in [-0.2, 0) is 15.8 Å². The van der Waals surface area contributed by atoms with Gasteiger partial charge in [-0.25, -0.2) is 13.8 Å². The summed E-state index contributed by atoms with van der Waals surface area (Å²) in [6.07, 6.45) is 3.91. The molecule has 1 saturated heterocycles. The van der Waals surface area contributed by atoms with Crippen LogP contribution in [0.3, 0.4) is 0 Å². The van der Waals surface area contributed by atoms with Crippen molar-refractivity contribution >= 4 is 18.1 Å². The van der Waals surface area contributed by atoms with E-state index < -0.39 is 23.7 Å². The number of para-hydroxylation sites is 1. The molecule has 2 amide bonds. The second-order valence-corrected chi connectivity index (χ2v) is 11.9. The molecule has 1 N–H and O–H groups in total. The Hall–Kier alpha value is -3.02. The third kappa shape index (κ3) is 7.12. The number of anilines is 1. The molecule has 2 aliphatic carbocycles. The molecule has 3 aliphatic rings. The molecule has 3 fully saturated rings. The molecule has 7 nitrogen and oxygen atoms in total. The van der Waals surface area contributed by atoms with E-state index in [-0.39, 0.29) is 61.7 Å². The average molecular weight is 596 g/mol. The first-order valence-electron chi connectivity index (χ1n) is 14.9. The zero-order valence-corrected chi connectivity index (χ0v) is 23.6. The summed E-state index contributed by atoms with van der Waals surface area (Å²) in [4.78, 5) is 33.3. The Labute approximate surface area is 242 Å². The Bertz CT molecular complexity index is 1240. The number of carbonyl (C=O) groups is 2. The summed E-state index contributed by atoms with van der Waals surface area (Å²) in [5.74, 6) is -2.53. The third-order valence-electron chi connectivity index (χ3n) is 8.82. The van der Waals surface area contributed by atoms with Crippen molar-refractivity contribution in [3.8, 4) is 5.69 Å². The molecule has 1 aromatic carbocycles. The van der Waals surface area contributed by atoms with Gasteiger partial charge >= 0.3 is 6.18 Å². The number of alkyl halides is 5. The fourth-order valence-electron chi connectivity index (χ4n) is 6.38. The van der Waals surface area contributed by atoms with Gasteiger partial charge in [-0.2, -0.15) is 13.2 Å². The number of benzene rings is 1. The number of piperidine rings is 1. The van der Waals surface area contributed by atoms with Crippen LogP contribution >= 0.6 is 0 Å². The number of aromatic nitrogens is 2. The summed E-state index contributed by atoms with van der Waals surface area (Å²) in [6.45, 7) is 0.352. The number of halogens is 5. The largest absolute Gasteiger partial charge is 0.418 e. The molecule has 12 heteroatoms. The second kappa shape index (κ2) is 12.7. The van der Waals surface area contributed by atoms with Gasteiger partial charge < -0.3 is 9.88 Å². The predicted octanol–water partition coefficient (Wildman–Crippen LogP) is 6.06. The van der Waals surface area contributed by atoms with Gasteiger partial charge in [-0.15, -0.1) is 0 Å². The fourth-order valence-corrected chi connectivity index (χ4v) is 6.38. The van der Waals surface area contributed by atoms with Crippen LogP contribution in [0.25, 0.3) is 5.69 Å². The second-order valence-electron chi connectivity index (χ2n) is 11.9. The number of amides is 2. The minimum atomic E-state index is -4.60. The highest BCUT2D eigenvalue weighted by molar-refractivity contribution is 5.81. The molecule has 0 spiro atoms. The quantitative estimate of drug-likeness (QED) is 0.253. The van der Waals surface area contributed by atoms with Crippen molar-refractivity contribution in [2.45, 2.75) is 101 Å². The number of imidazole rings is 1. The van der Waals surface area contributed by atoms with Crippen LogP contribution in [0.4, 0.5) is 27.8 Å². The molecular weight excluding hydrogens is 557 g/mol. The first-order valence-corrected chi connectivity index (χ1v) is 14.9. The summed E-state index contributed by atoms with van der Waals surface area (Å²) in [6, 6.07) is 4.64. The van der Waals surface area contributed by atoms with Crippen LogP contribution in [0.1, 0.15) is 87.9 Å². The van der Waals surface area contributed by atoms with E-state index in [4.69, 9.17) is 4.98 Å². The lowest BCUT2D eigenvalue weighted by Gasteiger charge is -2.35. The first kappa shape index (κ1) is 30.4. The molecule has 1 atom stereocenters. The summed E-state index contributed by atoms with van der Waals surface area (Å²) in [7, 11) is 0. The van der Waals surface area contributed by atoms with Crippen LogP contribution in [0.2, 0.25) is 0 Å². The monoisotopic (exact) mass is 595 g/mol. The Morgan fingerprint density at radius 1 is 1.12 bits per heavy atom. The van der Waals surface area contributed by atoms with Gasteiger partial charge in [0.15, 0.2) is 5.82 Å². The van der Waals surface area contributed by atoms with Gasteiger partial charge in [0.25, 0.3) is 5.92 Å². The van der Waals surface area contributed by atoms with Gasteiger partial charge in [-0.1, -0.05) is 25.0 Å². The smallest absolute Gasteiger partial charge is 0.353 e. The molecule has 1 aliphatic heterocycles. The molecule has 2 aromatic rings. The number of hydrogen-bond donors (Lipinski definition) is 1. The van der Waals surface area contributed by atoms with E-state index in [9.17, 15) is 31.5 Å². The number of carbonyl (C=O) groups excluding carboxylic acids is 2. The van der Waals surface area contributed by atoms with Crippen LogP contribution in [-0.4, -0.2) is 64.4 Å². The van der Waals surface area contributed by atoms with E-state index >= 15 is 0 Å². The highest BCUT2D eigenvalue weighted by atomic mass is 19.4. The lowest BCUT2D eigenvalue weighted by atomic mass is 9.93. The molecule has 2 saturated carbocycles. The number of nitrogens with zero attached hydrogens (tertiary/aromatic N) is 4. The van der Waals surface area contributed by atoms with Gasteiger partial charge in [0.2, 0.25) is 12.3 Å². The molecule has 5 rings (SSSR count). The van der Waals surface area contributed by atoms with Crippen molar-refractivity contribution in [3.05, 3.63) is 41.9 Å². The van der Waals surface area contributed by atoms with Crippen molar-refractivity contribution in [2.24, 2.45) is 0 Å². The Kier molecular flexibility index (Phi) is 9.20. The fraction of sp³-hybridized carbons (Fsp3) is 0.633. The summed E-state index contributed by atoms with van der Waals surface area (Å²) >= 11 is 0. The van der Waals surface area contributed by atoms with Crippen LogP contribution < -0.4 is 10.2 Å². The van der Waals surface area contributed by atoms with Crippen molar-refractivity contribution in [1.29, 1.82) is 0 Å². The zero-order valence-electron chi connectivity index (χ0n) is 23.6. The Morgan fingerprint density at radius 2 is 1.86 bits per heavy atom. The SMILES string of the molecule is O=CN(c1cn(-c2ccccc2C(F)(F)F)c(C2CCCC2)n1)[C@@H](CCN1CCCC(F)(F)C1)CC(=O)NC1CCC1. The molecule has 2 heterocycles. The van der Waals surface area contributed by atoms with Crippen molar-refractivity contribution in [1.82, 2.24) is 19.8 Å². The first-order chi connectivity index (χ1) is 20.0. The van der Waals surface area contributed by atoms with Gasteiger partial charge in [-0.3, -0.25) is 19.4 Å². The maximum Gasteiger partial charge on any atom is 0.418 e. The minimum absolute atomic E-state index is 0.0652. The lowest BCUT2D eigenvalue weighted by Crippen LogP contribution is -2.47. The number of rotatable bonds is 11. The Morgan fingerprint density at radius 3 is 2.50 bits per heavy atom. The lowest BCUT2D eigenvalue weighted by molar-refractivity contribution is -0.137. The molecule has 230 valence electrons. The topological polar surface area (TPSA) is 70.5 Å². The highest BCUT2D eigenvalue weighted by Crippen LogP contribution is 2.40. The predicted molar refractivity (Wildman–Crippen MR) is 148 cm³/mol. The van der Waals surface area contributed by atoms with Gasteiger partial charge in [0.1, 0.15) is 5.82 Å². The zero-order chi connectivity index (χ0) is 29.9. The average Bonchev–Trinajstić information content (AvgIpc) is 3.59. The number of hydrogen-bond acceptors (Lipinski definition) is 4. The van der Waals surface area contributed by atoms with E-state index in [1.54, 1.807) is 4.90 Å². The molecule has 0 radical (unpaired) electrons. The number of likely N-dealkylation sites (tertiary alicyclic amines) is 1. The normalized spacial score (nSPS) is 20.7. The minimum Gasteiger partial charge on any atom is -0.353 e. The maximum absolute atomic E-state index is 14.1. The Balaban J connectivity index is 1.47. The van der Waals surface area contributed by atoms with Crippen molar-refractivity contribution in [3.63, 3.8) is 0 Å². The standard InChI is InChI=1S/C30H38F5N5O2/c31-29(32)14-6-15-38(19-29)16-13-23(17-27(42)36-22-9-5-10-22)40(20-41)26-18-39(28(37-26)21-7-1-2-8-21)25-12-4-3-11-24(25)30(33,34)35/h3-4,11-12,18,20-23H,1-2,5-10,13-17,19H2,(H,36,42)/t23-/m0/s1. The summed E-state index contributed by atoms with van der Waals surface area (Å²) < 4.78 is 71.6. The molecular formula is C30H38F5N5O2. The molecule has 1 aromatic heterocycles. The van der Waals surface area contributed by atoms with E-state index in [0.717, 1.165) is 51.0 Å². The molecule has 0 unspecified atom stereocenters. The molecule has 0 bridgehead atoms. The van der Waals surface area contributed by atoms with Crippen LogP contribution in [0, 0.1) is 0 Å². The summed E-state index contributed by atoms with van der Waals surface area (Å²) in [5, 5.41) is 2.97. The van der Waals surface area contributed by atoms with E-state index in [1.165, 1.54) is 33.9 Å². The van der Waals surface area contributed by atoms with Crippen LogP contribution in [0.15, 0.2) is 30.5 Å². The van der Waals surface area contributed by atoms with Crippen molar-refractivity contribution < 1.29 is 31.5 Å². The van der Waals surface area contributed by atoms with E-state index in [2.05, 4.69) is 5.32 Å².